The predicted molar refractivity (Wildman–Crippen MR) is 87.5 cm³/mol. The van der Waals surface area contributed by atoms with Crippen LogP contribution < -0.4 is 0 Å². The molecule has 0 spiro atoms. The van der Waals surface area contributed by atoms with Crippen LogP contribution >= 0.6 is 0 Å². The molecule has 0 aliphatic carbocycles. The smallest absolute Gasteiger partial charge is 0.173 e. The summed E-state index contributed by atoms with van der Waals surface area (Å²) in [6, 6.07) is 10.1. The van der Waals surface area contributed by atoms with E-state index in [1.165, 1.54) is 17.7 Å². The Morgan fingerprint density at radius 3 is 2.22 bits per heavy atom. The van der Waals surface area contributed by atoms with Gasteiger partial charge in [-0.05, 0) is 56.2 Å². The fourth-order valence-corrected chi connectivity index (χ4v) is 3.03. The van der Waals surface area contributed by atoms with E-state index in [0.29, 0.717) is 22.6 Å². The number of benzene rings is 2. The number of aromatic nitrogens is 1. The van der Waals surface area contributed by atoms with Gasteiger partial charge >= 0.3 is 0 Å². The molecule has 4 heteroatoms. The van der Waals surface area contributed by atoms with Gasteiger partial charge < -0.3 is 9.63 Å². The number of hydrogen-bond acceptors (Lipinski definition) is 3. The number of aryl methyl sites for hydroxylation is 3. The molecule has 3 aromatic rings. The summed E-state index contributed by atoms with van der Waals surface area (Å²) in [5.41, 5.74) is 6.13. The van der Waals surface area contributed by atoms with Gasteiger partial charge in [-0.15, -0.1) is 0 Å². The molecule has 1 N–H and O–H groups in total. The van der Waals surface area contributed by atoms with E-state index >= 15 is 0 Å². The molecule has 0 fully saturated rings. The highest BCUT2D eigenvalue weighted by Gasteiger charge is 2.21. The van der Waals surface area contributed by atoms with Crippen molar-refractivity contribution in [1.29, 1.82) is 0 Å². The van der Waals surface area contributed by atoms with Crippen LogP contribution in [-0.2, 0) is 6.61 Å². The Bertz CT molecular complexity index is 827. The molecule has 118 valence electrons. The summed E-state index contributed by atoms with van der Waals surface area (Å²) in [6.07, 6.45) is 0. The second-order valence-electron chi connectivity index (χ2n) is 5.78. The zero-order valence-corrected chi connectivity index (χ0v) is 13.4. The third-order valence-corrected chi connectivity index (χ3v) is 3.97. The monoisotopic (exact) mass is 311 g/mol. The molecule has 0 unspecified atom stereocenters. The first kappa shape index (κ1) is 15.4. The highest BCUT2D eigenvalue weighted by molar-refractivity contribution is 5.76. The maximum Gasteiger partial charge on any atom is 0.173 e. The second kappa shape index (κ2) is 5.97. The average Bonchev–Trinajstić information content (AvgIpc) is 2.90. The van der Waals surface area contributed by atoms with Gasteiger partial charge in [0.25, 0.3) is 0 Å². The van der Waals surface area contributed by atoms with Crippen molar-refractivity contribution in [3.63, 3.8) is 0 Å². The molecular weight excluding hydrogens is 293 g/mol. The van der Waals surface area contributed by atoms with Gasteiger partial charge in [0.15, 0.2) is 5.76 Å². The lowest BCUT2D eigenvalue weighted by molar-refractivity contribution is 0.281. The Kier molecular flexibility index (Phi) is 4.01. The molecule has 0 saturated carbocycles. The van der Waals surface area contributed by atoms with Crippen LogP contribution in [-0.4, -0.2) is 10.3 Å². The van der Waals surface area contributed by atoms with Crippen LogP contribution in [0.25, 0.3) is 22.6 Å². The molecule has 23 heavy (non-hydrogen) atoms. The van der Waals surface area contributed by atoms with Gasteiger partial charge in [0.1, 0.15) is 11.5 Å². The van der Waals surface area contributed by atoms with Crippen molar-refractivity contribution >= 4 is 0 Å². The summed E-state index contributed by atoms with van der Waals surface area (Å²) >= 11 is 0. The number of nitrogens with zero attached hydrogens (tertiary/aromatic N) is 1. The van der Waals surface area contributed by atoms with Crippen molar-refractivity contribution in [3.05, 3.63) is 64.5 Å². The van der Waals surface area contributed by atoms with Gasteiger partial charge in [0, 0.05) is 11.1 Å². The van der Waals surface area contributed by atoms with Gasteiger partial charge in [0.2, 0.25) is 0 Å². The highest BCUT2D eigenvalue weighted by Crippen LogP contribution is 2.36. The van der Waals surface area contributed by atoms with E-state index < -0.39 is 0 Å². The maximum absolute atomic E-state index is 13.1. The number of rotatable bonds is 3. The summed E-state index contributed by atoms with van der Waals surface area (Å²) in [5.74, 6) is 0.259. The van der Waals surface area contributed by atoms with Gasteiger partial charge in [-0.2, -0.15) is 0 Å². The summed E-state index contributed by atoms with van der Waals surface area (Å²) < 4.78 is 18.7. The molecule has 1 aromatic heterocycles. The SMILES string of the molecule is Cc1cc(C)c(-c2onc(-c3ccc(F)cc3)c2CO)c(C)c1. The van der Waals surface area contributed by atoms with E-state index in [2.05, 4.69) is 17.3 Å². The Balaban J connectivity index is 2.18. The molecule has 0 atom stereocenters. The zero-order chi connectivity index (χ0) is 16.6. The van der Waals surface area contributed by atoms with Crippen LogP contribution in [0.3, 0.4) is 0 Å². The number of hydrogen-bond donors (Lipinski definition) is 1. The molecular formula is C19H18FNO2. The van der Waals surface area contributed by atoms with Gasteiger partial charge in [0.05, 0.1) is 12.2 Å². The summed E-state index contributed by atoms with van der Waals surface area (Å²) in [5, 5.41) is 13.9. The Morgan fingerprint density at radius 1 is 1.04 bits per heavy atom. The van der Waals surface area contributed by atoms with Gasteiger partial charge in [-0.1, -0.05) is 22.9 Å². The molecule has 0 amide bonds. The fraction of sp³-hybridized carbons (Fsp3) is 0.211. The lowest BCUT2D eigenvalue weighted by atomic mass is 9.94. The normalized spacial score (nSPS) is 11.0. The van der Waals surface area contributed by atoms with Crippen molar-refractivity contribution in [2.24, 2.45) is 0 Å². The highest BCUT2D eigenvalue weighted by atomic mass is 19.1. The van der Waals surface area contributed by atoms with E-state index in [9.17, 15) is 9.50 Å². The van der Waals surface area contributed by atoms with Crippen molar-refractivity contribution in [3.8, 4) is 22.6 Å². The third kappa shape index (κ3) is 2.78. The number of aliphatic hydroxyl groups is 1. The molecule has 3 rings (SSSR count). The first-order valence-corrected chi connectivity index (χ1v) is 7.45. The van der Waals surface area contributed by atoms with E-state index in [0.717, 1.165) is 16.7 Å². The van der Waals surface area contributed by atoms with Crippen LogP contribution in [0.1, 0.15) is 22.3 Å². The first-order valence-electron chi connectivity index (χ1n) is 7.45. The Hall–Kier alpha value is -2.46. The Labute approximate surface area is 134 Å². The van der Waals surface area contributed by atoms with E-state index in [-0.39, 0.29) is 12.4 Å². The van der Waals surface area contributed by atoms with Crippen molar-refractivity contribution < 1.29 is 14.0 Å². The van der Waals surface area contributed by atoms with Crippen molar-refractivity contribution in [2.75, 3.05) is 0 Å². The molecule has 0 radical (unpaired) electrons. The minimum absolute atomic E-state index is 0.196. The van der Waals surface area contributed by atoms with E-state index in [1.54, 1.807) is 12.1 Å². The molecule has 2 aromatic carbocycles. The third-order valence-electron chi connectivity index (χ3n) is 3.97. The van der Waals surface area contributed by atoms with E-state index in [4.69, 9.17) is 4.52 Å². The molecule has 0 aliphatic rings. The van der Waals surface area contributed by atoms with Gasteiger partial charge in [-0.3, -0.25) is 0 Å². The largest absolute Gasteiger partial charge is 0.391 e. The Morgan fingerprint density at radius 2 is 1.65 bits per heavy atom. The molecule has 0 saturated heterocycles. The minimum Gasteiger partial charge on any atom is -0.391 e. The zero-order valence-electron chi connectivity index (χ0n) is 13.4. The number of halogens is 1. The van der Waals surface area contributed by atoms with Crippen LogP contribution in [0.4, 0.5) is 4.39 Å². The van der Waals surface area contributed by atoms with Crippen LogP contribution in [0.5, 0.6) is 0 Å². The van der Waals surface area contributed by atoms with Crippen LogP contribution in [0.2, 0.25) is 0 Å². The topological polar surface area (TPSA) is 46.3 Å². The standard InChI is InChI=1S/C19H18FNO2/c1-11-8-12(2)17(13(3)9-11)19-16(10-22)18(21-23-19)14-4-6-15(20)7-5-14/h4-9,22H,10H2,1-3H3. The molecule has 0 bridgehead atoms. The fourth-order valence-electron chi connectivity index (χ4n) is 3.03. The number of aliphatic hydroxyl groups excluding tert-OH is 1. The molecule has 0 aliphatic heterocycles. The van der Waals surface area contributed by atoms with Crippen LogP contribution in [0.15, 0.2) is 40.9 Å². The predicted octanol–water partition coefficient (Wildman–Crippen LogP) is 4.57. The summed E-state index contributed by atoms with van der Waals surface area (Å²) in [7, 11) is 0. The quantitative estimate of drug-likeness (QED) is 0.771. The average molecular weight is 311 g/mol. The second-order valence-corrected chi connectivity index (χ2v) is 5.78. The lowest BCUT2D eigenvalue weighted by Gasteiger charge is -2.10. The van der Waals surface area contributed by atoms with Crippen LogP contribution in [0, 0.1) is 26.6 Å². The molecule has 3 nitrogen and oxygen atoms in total. The minimum atomic E-state index is -0.312. The molecule has 1 heterocycles. The summed E-state index contributed by atoms with van der Waals surface area (Å²) in [4.78, 5) is 0. The van der Waals surface area contributed by atoms with Gasteiger partial charge in [-0.25, -0.2) is 4.39 Å². The van der Waals surface area contributed by atoms with Crippen molar-refractivity contribution in [1.82, 2.24) is 5.16 Å². The lowest BCUT2D eigenvalue weighted by Crippen LogP contribution is -1.94. The van der Waals surface area contributed by atoms with Crippen molar-refractivity contribution in [2.45, 2.75) is 27.4 Å². The van der Waals surface area contributed by atoms with E-state index in [1.807, 2.05) is 20.8 Å². The first-order chi connectivity index (χ1) is 11.0. The maximum atomic E-state index is 13.1. The summed E-state index contributed by atoms with van der Waals surface area (Å²) in [6.45, 7) is 5.87.